The molecule has 2 amide bonds. The van der Waals surface area contributed by atoms with Crippen molar-refractivity contribution in [3.63, 3.8) is 0 Å². The highest BCUT2D eigenvalue weighted by Gasteiger charge is 2.30. The molecular weight excluding hydrogens is 322 g/mol. The van der Waals surface area contributed by atoms with Crippen molar-refractivity contribution in [3.05, 3.63) is 35.9 Å². The van der Waals surface area contributed by atoms with Gasteiger partial charge in [-0.05, 0) is 5.56 Å². The van der Waals surface area contributed by atoms with E-state index in [2.05, 4.69) is 10.6 Å². The van der Waals surface area contributed by atoms with Crippen LogP contribution in [0.25, 0.3) is 0 Å². The molecule has 3 atom stereocenters. The maximum absolute atomic E-state index is 12.6. The van der Waals surface area contributed by atoms with Gasteiger partial charge in [0.1, 0.15) is 12.1 Å². The number of esters is 1. The normalized spacial score (nSPS) is 13.7. The lowest BCUT2D eigenvalue weighted by Crippen LogP contribution is -2.54. The van der Waals surface area contributed by atoms with Crippen LogP contribution >= 0.6 is 0 Å². The lowest BCUT2D eigenvalue weighted by Gasteiger charge is -2.24. The van der Waals surface area contributed by atoms with E-state index < -0.39 is 29.9 Å². The Balaban J connectivity index is 2.92. The summed E-state index contributed by atoms with van der Waals surface area (Å²) >= 11 is 0. The number of carbonyl (C=O) groups is 3. The monoisotopic (exact) mass is 345 g/mol. The Labute approximate surface area is 147 Å². The molecule has 7 heteroatoms. The number of hydrogen-bond donors (Lipinski definition) is 2. The van der Waals surface area contributed by atoms with Gasteiger partial charge in [-0.2, -0.15) is 5.26 Å². The Morgan fingerprint density at radius 1 is 1.20 bits per heavy atom. The van der Waals surface area contributed by atoms with Crippen LogP contribution < -0.4 is 10.6 Å². The highest BCUT2D eigenvalue weighted by atomic mass is 16.5. The van der Waals surface area contributed by atoms with Gasteiger partial charge in [0.2, 0.25) is 11.8 Å². The maximum atomic E-state index is 12.6. The third-order valence-corrected chi connectivity index (χ3v) is 3.71. The first-order valence-corrected chi connectivity index (χ1v) is 7.95. The highest BCUT2D eigenvalue weighted by Crippen LogP contribution is 2.11. The van der Waals surface area contributed by atoms with Crippen LogP contribution in [0.5, 0.6) is 0 Å². The SMILES string of the molecule is COC(=O)[C@@H](NC(=O)[C@H](Cc1ccccc1)NC(C)=O)[C@H](C)CC#N. The number of methoxy groups -OCH3 is 1. The molecule has 1 rings (SSSR count). The van der Waals surface area contributed by atoms with Crippen LogP contribution in [-0.2, 0) is 25.5 Å². The van der Waals surface area contributed by atoms with E-state index >= 15 is 0 Å². The van der Waals surface area contributed by atoms with E-state index in [1.807, 2.05) is 36.4 Å². The number of amides is 2. The Hall–Kier alpha value is -2.88. The fourth-order valence-electron chi connectivity index (χ4n) is 2.38. The second kappa shape index (κ2) is 10.1. The van der Waals surface area contributed by atoms with Gasteiger partial charge in [0.05, 0.1) is 13.2 Å². The molecule has 0 heterocycles. The third kappa shape index (κ3) is 6.63. The van der Waals surface area contributed by atoms with Gasteiger partial charge in [0.25, 0.3) is 0 Å². The van der Waals surface area contributed by atoms with Crippen molar-refractivity contribution in [2.75, 3.05) is 7.11 Å². The second-order valence-electron chi connectivity index (χ2n) is 5.79. The molecule has 0 aromatic heterocycles. The summed E-state index contributed by atoms with van der Waals surface area (Å²) in [6.07, 6.45) is 0.371. The summed E-state index contributed by atoms with van der Waals surface area (Å²) < 4.78 is 4.71. The van der Waals surface area contributed by atoms with Gasteiger partial charge in [0, 0.05) is 25.7 Å². The van der Waals surface area contributed by atoms with E-state index in [0.29, 0.717) is 0 Å². The summed E-state index contributed by atoms with van der Waals surface area (Å²) in [4.78, 5) is 36.0. The third-order valence-electron chi connectivity index (χ3n) is 3.71. The predicted octanol–water partition coefficient (Wildman–Crippen LogP) is 0.941. The van der Waals surface area contributed by atoms with E-state index in [-0.39, 0.29) is 18.7 Å². The topological polar surface area (TPSA) is 108 Å². The summed E-state index contributed by atoms with van der Waals surface area (Å²) in [5, 5.41) is 14.0. The summed E-state index contributed by atoms with van der Waals surface area (Å²) in [5.74, 6) is -1.90. The molecule has 0 fully saturated rings. The number of hydrogen-bond acceptors (Lipinski definition) is 5. The Bertz CT molecular complexity index is 639. The van der Waals surface area contributed by atoms with E-state index in [0.717, 1.165) is 5.56 Å². The second-order valence-corrected chi connectivity index (χ2v) is 5.79. The molecule has 134 valence electrons. The summed E-state index contributed by atoms with van der Waals surface area (Å²) in [6, 6.07) is 9.41. The van der Waals surface area contributed by atoms with Crippen LogP contribution in [0.2, 0.25) is 0 Å². The lowest BCUT2D eigenvalue weighted by atomic mass is 9.97. The van der Waals surface area contributed by atoms with Gasteiger partial charge in [-0.1, -0.05) is 37.3 Å². The number of carbonyl (C=O) groups excluding carboxylic acids is 3. The Morgan fingerprint density at radius 2 is 1.84 bits per heavy atom. The first kappa shape index (κ1) is 20.2. The van der Waals surface area contributed by atoms with Gasteiger partial charge in [-0.3, -0.25) is 9.59 Å². The predicted molar refractivity (Wildman–Crippen MR) is 91.1 cm³/mol. The van der Waals surface area contributed by atoms with Gasteiger partial charge in [0.15, 0.2) is 0 Å². The lowest BCUT2D eigenvalue weighted by molar-refractivity contribution is -0.146. The summed E-state index contributed by atoms with van der Waals surface area (Å²) in [6.45, 7) is 3.00. The fraction of sp³-hybridized carbons (Fsp3) is 0.444. The van der Waals surface area contributed by atoms with E-state index in [1.165, 1.54) is 14.0 Å². The van der Waals surface area contributed by atoms with Gasteiger partial charge >= 0.3 is 5.97 Å². The minimum Gasteiger partial charge on any atom is -0.467 e. The molecule has 0 unspecified atom stereocenters. The highest BCUT2D eigenvalue weighted by molar-refractivity contribution is 5.90. The van der Waals surface area contributed by atoms with Crippen molar-refractivity contribution in [2.45, 2.75) is 38.8 Å². The van der Waals surface area contributed by atoms with E-state index in [4.69, 9.17) is 10.00 Å². The number of nitrogens with one attached hydrogen (secondary N) is 2. The number of rotatable bonds is 8. The Kier molecular flexibility index (Phi) is 8.13. The van der Waals surface area contributed by atoms with Gasteiger partial charge in [-0.15, -0.1) is 0 Å². The Morgan fingerprint density at radius 3 is 2.36 bits per heavy atom. The van der Waals surface area contributed by atoms with Crippen LogP contribution in [-0.4, -0.2) is 37.0 Å². The average molecular weight is 345 g/mol. The van der Waals surface area contributed by atoms with Crippen LogP contribution in [0.15, 0.2) is 30.3 Å². The molecule has 0 spiro atoms. The van der Waals surface area contributed by atoms with Crippen molar-refractivity contribution in [2.24, 2.45) is 5.92 Å². The molecule has 25 heavy (non-hydrogen) atoms. The molecular formula is C18H23N3O4. The van der Waals surface area contributed by atoms with Gasteiger partial charge in [-0.25, -0.2) is 4.79 Å². The quantitative estimate of drug-likeness (QED) is 0.682. The van der Waals surface area contributed by atoms with Crippen LogP contribution in [0.4, 0.5) is 0 Å². The first-order valence-electron chi connectivity index (χ1n) is 7.95. The molecule has 0 bridgehead atoms. The van der Waals surface area contributed by atoms with Crippen molar-refractivity contribution in [1.29, 1.82) is 5.26 Å². The molecule has 0 aliphatic carbocycles. The minimum atomic E-state index is -0.954. The van der Waals surface area contributed by atoms with Crippen molar-refractivity contribution in [3.8, 4) is 6.07 Å². The summed E-state index contributed by atoms with van der Waals surface area (Å²) in [7, 11) is 1.22. The van der Waals surface area contributed by atoms with E-state index in [1.54, 1.807) is 6.92 Å². The molecule has 0 saturated heterocycles. The smallest absolute Gasteiger partial charge is 0.328 e. The summed E-state index contributed by atoms with van der Waals surface area (Å²) in [5.41, 5.74) is 0.871. The maximum Gasteiger partial charge on any atom is 0.328 e. The molecule has 2 N–H and O–H groups in total. The van der Waals surface area contributed by atoms with E-state index in [9.17, 15) is 14.4 Å². The van der Waals surface area contributed by atoms with Crippen molar-refractivity contribution in [1.82, 2.24) is 10.6 Å². The molecule has 0 saturated carbocycles. The minimum absolute atomic E-state index is 0.0868. The van der Waals surface area contributed by atoms with Crippen LogP contribution in [0, 0.1) is 17.2 Å². The zero-order valence-electron chi connectivity index (χ0n) is 14.6. The largest absolute Gasteiger partial charge is 0.467 e. The van der Waals surface area contributed by atoms with Crippen molar-refractivity contribution >= 4 is 17.8 Å². The zero-order chi connectivity index (χ0) is 18.8. The molecule has 1 aromatic carbocycles. The number of nitrogens with zero attached hydrogens (tertiary/aromatic N) is 1. The molecule has 1 aromatic rings. The van der Waals surface area contributed by atoms with Crippen molar-refractivity contribution < 1.29 is 19.1 Å². The molecule has 0 radical (unpaired) electrons. The average Bonchev–Trinajstić information content (AvgIpc) is 2.58. The van der Waals surface area contributed by atoms with Gasteiger partial charge < -0.3 is 15.4 Å². The number of ether oxygens (including phenoxy) is 1. The molecule has 0 aliphatic rings. The number of benzene rings is 1. The first-order chi connectivity index (χ1) is 11.9. The zero-order valence-corrected chi connectivity index (χ0v) is 14.6. The van der Waals surface area contributed by atoms with Crippen LogP contribution in [0.1, 0.15) is 25.8 Å². The fourth-order valence-corrected chi connectivity index (χ4v) is 2.38. The molecule has 7 nitrogen and oxygen atoms in total. The van der Waals surface area contributed by atoms with Crippen LogP contribution in [0.3, 0.4) is 0 Å². The molecule has 0 aliphatic heterocycles. The number of nitriles is 1. The standard InChI is InChI=1S/C18H23N3O4/c1-12(9-10-19)16(18(24)25-3)21-17(23)15(20-13(2)22)11-14-7-5-4-6-8-14/h4-8,12,15-16H,9,11H2,1-3H3,(H,20,22)(H,21,23)/t12-,15+,16+/m1/s1.